The van der Waals surface area contributed by atoms with Crippen molar-refractivity contribution in [2.45, 2.75) is 45.9 Å². The molecule has 3 N–H and O–H groups in total. The average Bonchev–Trinajstić information content (AvgIpc) is 3.07. The van der Waals surface area contributed by atoms with Crippen molar-refractivity contribution in [3.8, 4) is 6.07 Å². The third kappa shape index (κ3) is 3.59. The summed E-state index contributed by atoms with van der Waals surface area (Å²) in [7, 11) is 0. The standard InChI is InChI=1S/C20H25N9O/c1-11-5-6-29-16(11)20(28-8-12(2)30-13(3)9-28)26-18(27-29)14(4)25-19-15(7-21)17(22)23-10-24-19/h5-6,10,12-14H,8-9H2,1-4H3,(H3,22,23,24,25). The zero-order valence-corrected chi connectivity index (χ0v) is 17.5. The second-order valence-corrected chi connectivity index (χ2v) is 7.71. The first-order chi connectivity index (χ1) is 14.4. The molecular weight excluding hydrogens is 382 g/mol. The number of morpholine rings is 1. The maximum absolute atomic E-state index is 9.39. The van der Waals surface area contributed by atoms with Crippen LogP contribution in [-0.4, -0.2) is 49.9 Å². The second kappa shape index (κ2) is 7.76. The van der Waals surface area contributed by atoms with Crippen molar-refractivity contribution >= 4 is 23.0 Å². The van der Waals surface area contributed by atoms with E-state index in [0.717, 1.165) is 30.0 Å². The minimum Gasteiger partial charge on any atom is -0.382 e. The molecular formula is C20H25N9O. The molecule has 1 aliphatic heterocycles. The molecule has 4 heterocycles. The van der Waals surface area contributed by atoms with Crippen LogP contribution in [0.5, 0.6) is 0 Å². The van der Waals surface area contributed by atoms with Gasteiger partial charge in [-0.15, -0.1) is 0 Å². The number of nitrogens with one attached hydrogen (secondary N) is 1. The van der Waals surface area contributed by atoms with E-state index in [2.05, 4.69) is 41.0 Å². The maximum Gasteiger partial charge on any atom is 0.173 e. The van der Waals surface area contributed by atoms with Crippen LogP contribution < -0.4 is 16.0 Å². The summed E-state index contributed by atoms with van der Waals surface area (Å²) in [5.41, 5.74) is 8.10. The molecule has 4 rings (SSSR count). The monoisotopic (exact) mass is 407 g/mol. The molecule has 156 valence electrons. The number of fused-ring (bicyclic) bond motifs is 1. The molecule has 0 spiro atoms. The quantitative estimate of drug-likeness (QED) is 0.667. The number of ether oxygens (including phenoxy) is 1. The number of nitrogens with zero attached hydrogens (tertiary/aromatic N) is 7. The Morgan fingerprint density at radius 2 is 2.03 bits per heavy atom. The van der Waals surface area contributed by atoms with Crippen molar-refractivity contribution in [2.24, 2.45) is 0 Å². The van der Waals surface area contributed by atoms with E-state index >= 15 is 0 Å². The highest BCUT2D eigenvalue weighted by atomic mass is 16.5. The van der Waals surface area contributed by atoms with Gasteiger partial charge < -0.3 is 20.7 Å². The van der Waals surface area contributed by atoms with Gasteiger partial charge in [0.05, 0.1) is 18.2 Å². The van der Waals surface area contributed by atoms with Gasteiger partial charge in [0.15, 0.2) is 11.6 Å². The molecule has 3 aromatic rings. The zero-order chi connectivity index (χ0) is 21.4. The molecule has 0 radical (unpaired) electrons. The smallest absolute Gasteiger partial charge is 0.173 e. The molecule has 1 fully saturated rings. The van der Waals surface area contributed by atoms with E-state index in [0.29, 0.717) is 11.6 Å². The number of nitrogens with two attached hydrogens (primary N) is 1. The lowest BCUT2D eigenvalue weighted by Crippen LogP contribution is -2.46. The topological polar surface area (TPSA) is 130 Å². The molecule has 3 aromatic heterocycles. The number of hydrogen-bond donors (Lipinski definition) is 2. The first-order valence-corrected chi connectivity index (χ1v) is 9.90. The normalized spacial score (nSPS) is 20.2. The third-order valence-corrected chi connectivity index (χ3v) is 5.16. The number of rotatable bonds is 4. The van der Waals surface area contributed by atoms with Crippen molar-refractivity contribution < 1.29 is 4.74 Å². The Morgan fingerprint density at radius 3 is 2.73 bits per heavy atom. The van der Waals surface area contributed by atoms with E-state index in [-0.39, 0.29) is 29.6 Å². The maximum atomic E-state index is 9.39. The highest BCUT2D eigenvalue weighted by molar-refractivity contribution is 5.73. The van der Waals surface area contributed by atoms with Crippen LogP contribution in [0.1, 0.15) is 43.8 Å². The van der Waals surface area contributed by atoms with Gasteiger partial charge >= 0.3 is 0 Å². The van der Waals surface area contributed by atoms with Crippen LogP contribution in [0.4, 0.5) is 17.5 Å². The Kier molecular flexibility index (Phi) is 5.13. The number of anilines is 3. The molecule has 3 unspecified atom stereocenters. The number of hydrogen-bond acceptors (Lipinski definition) is 9. The van der Waals surface area contributed by atoms with Crippen molar-refractivity contribution in [1.82, 2.24) is 24.6 Å². The van der Waals surface area contributed by atoms with Gasteiger partial charge in [0.25, 0.3) is 0 Å². The molecule has 0 bridgehead atoms. The number of aromatic nitrogens is 5. The molecule has 0 aliphatic carbocycles. The Balaban J connectivity index is 1.74. The lowest BCUT2D eigenvalue weighted by Gasteiger charge is -2.36. The fraction of sp³-hybridized carbons (Fsp3) is 0.450. The Labute approximate surface area is 174 Å². The molecule has 1 saturated heterocycles. The van der Waals surface area contributed by atoms with E-state index in [1.807, 2.05) is 29.8 Å². The Bertz CT molecular complexity index is 1110. The van der Waals surface area contributed by atoms with Crippen LogP contribution in [0.3, 0.4) is 0 Å². The summed E-state index contributed by atoms with van der Waals surface area (Å²) in [6, 6.07) is 3.76. The van der Waals surface area contributed by atoms with Crippen molar-refractivity contribution in [1.29, 1.82) is 5.26 Å². The van der Waals surface area contributed by atoms with E-state index in [4.69, 9.17) is 20.6 Å². The second-order valence-electron chi connectivity index (χ2n) is 7.71. The van der Waals surface area contributed by atoms with Gasteiger partial charge in [-0.05, 0) is 39.3 Å². The van der Waals surface area contributed by atoms with E-state index in [1.165, 1.54) is 6.33 Å². The van der Waals surface area contributed by atoms with Crippen molar-refractivity contribution in [2.75, 3.05) is 29.0 Å². The fourth-order valence-electron chi connectivity index (χ4n) is 3.82. The number of nitriles is 1. The SMILES string of the molecule is Cc1ccn2nc(C(C)Nc3ncnc(N)c3C#N)nc(N3CC(C)OC(C)C3)c12. The summed E-state index contributed by atoms with van der Waals surface area (Å²) in [6.45, 7) is 9.62. The molecule has 0 aromatic carbocycles. The Morgan fingerprint density at radius 1 is 1.30 bits per heavy atom. The first-order valence-electron chi connectivity index (χ1n) is 9.90. The molecule has 0 saturated carbocycles. The Hall–Kier alpha value is -3.45. The van der Waals surface area contributed by atoms with Gasteiger partial charge in [0.1, 0.15) is 35.1 Å². The van der Waals surface area contributed by atoms with E-state index in [9.17, 15) is 5.26 Å². The van der Waals surface area contributed by atoms with Crippen LogP contribution in [0.2, 0.25) is 0 Å². The van der Waals surface area contributed by atoms with Crippen molar-refractivity contribution in [3.05, 3.63) is 35.5 Å². The molecule has 0 amide bonds. The largest absolute Gasteiger partial charge is 0.382 e. The lowest BCUT2D eigenvalue weighted by molar-refractivity contribution is -0.00541. The van der Waals surface area contributed by atoms with Crippen LogP contribution >= 0.6 is 0 Å². The fourth-order valence-corrected chi connectivity index (χ4v) is 3.82. The number of aryl methyl sites for hydroxylation is 1. The van der Waals surface area contributed by atoms with Crippen LogP contribution in [0.25, 0.3) is 5.52 Å². The van der Waals surface area contributed by atoms with Crippen molar-refractivity contribution in [3.63, 3.8) is 0 Å². The summed E-state index contributed by atoms with van der Waals surface area (Å²) in [6.07, 6.45) is 3.48. The van der Waals surface area contributed by atoms with Gasteiger partial charge in [0.2, 0.25) is 0 Å². The zero-order valence-electron chi connectivity index (χ0n) is 17.5. The molecule has 10 nitrogen and oxygen atoms in total. The van der Waals surface area contributed by atoms with Crippen LogP contribution in [0, 0.1) is 18.3 Å². The third-order valence-electron chi connectivity index (χ3n) is 5.16. The van der Waals surface area contributed by atoms with Crippen LogP contribution in [0.15, 0.2) is 18.6 Å². The van der Waals surface area contributed by atoms with Gasteiger partial charge in [-0.2, -0.15) is 10.4 Å². The summed E-state index contributed by atoms with van der Waals surface area (Å²) in [5, 5.41) is 17.3. The summed E-state index contributed by atoms with van der Waals surface area (Å²) in [4.78, 5) is 15.2. The van der Waals surface area contributed by atoms with Gasteiger partial charge in [0, 0.05) is 19.3 Å². The van der Waals surface area contributed by atoms with Gasteiger partial charge in [-0.3, -0.25) is 0 Å². The number of nitrogen functional groups attached to an aromatic ring is 1. The highest BCUT2D eigenvalue weighted by Crippen LogP contribution is 2.28. The predicted molar refractivity (Wildman–Crippen MR) is 113 cm³/mol. The summed E-state index contributed by atoms with van der Waals surface area (Å²) in [5.74, 6) is 1.96. The minimum absolute atomic E-state index is 0.111. The van der Waals surface area contributed by atoms with Gasteiger partial charge in [-0.1, -0.05) is 0 Å². The lowest BCUT2D eigenvalue weighted by atomic mass is 10.2. The highest BCUT2D eigenvalue weighted by Gasteiger charge is 2.27. The summed E-state index contributed by atoms with van der Waals surface area (Å²) < 4.78 is 7.75. The molecule has 1 aliphatic rings. The molecule has 10 heteroatoms. The van der Waals surface area contributed by atoms with E-state index < -0.39 is 0 Å². The van der Waals surface area contributed by atoms with Crippen LogP contribution in [-0.2, 0) is 4.74 Å². The average molecular weight is 407 g/mol. The summed E-state index contributed by atoms with van der Waals surface area (Å²) >= 11 is 0. The van der Waals surface area contributed by atoms with E-state index in [1.54, 1.807) is 0 Å². The predicted octanol–water partition coefficient (Wildman–Crippen LogP) is 2.07. The molecule has 30 heavy (non-hydrogen) atoms. The van der Waals surface area contributed by atoms with Gasteiger partial charge in [-0.25, -0.2) is 19.5 Å². The first kappa shape index (κ1) is 19.8. The molecule has 3 atom stereocenters. The minimum atomic E-state index is -0.312.